The Kier molecular flexibility index (Phi) is 4.61. The molecule has 3 rings (SSSR count). The average molecular weight is 335 g/mol. The number of carbonyl (C=O) groups excluding carboxylic acids is 2. The summed E-state index contributed by atoms with van der Waals surface area (Å²) in [5.41, 5.74) is 7.64. The van der Waals surface area contributed by atoms with Crippen molar-refractivity contribution in [2.24, 2.45) is 0 Å². The average Bonchev–Trinajstić information content (AvgIpc) is 3.02. The molecular weight excluding hydrogens is 318 g/mol. The van der Waals surface area contributed by atoms with Crippen LogP contribution in [0.1, 0.15) is 32.0 Å². The molecule has 1 aromatic heterocycles. The number of rotatable bonds is 3. The zero-order valence-electron chi connectivity index (χ0n) is 13.9. The Morgan fingerprint density at radius 1 is 0.880 bits per heavy atom. The number of aromatic nitrogens is 1. The standard InChI is InChI=1S/C19H17N3O3/c1-12-8-6-7-11-15(12)18(23)20-21-19(24)16-13(2)25-22-17(16)14-9-4-3-5-10-14/h3-11H,1-2H3,(H,20,23)(H,21,24). The summed E-state index contributed by atoms with van der Waals surface area (Å²) in [5, 5.41) is 3.96. The molecule has 0 bridgehead atoms. The number of hydrazine groups is 1. The largest absolute Gasteiger partial charge is 0.360 e. The second kappa shape index (κ2) is 7.00. The zero-order valence-corrected chi connectivity index (χ0v) is 13.9. The highest BCUT2D eigenvalue weighted by molar-refractivity contribution is 6.03. The molecule has 25 heavy (non-hydrogen) atoms. The fraction of sp³-hybridized carbons (Fsp3) is 0.105. The number of hydrogen-bond donors (Lipinski definition) is 2. The van der Waals surface area contributed by atoms with Crippen molar-refractivity contribution in [1.82, 2.24) is 16.0 Å². The Bertz CT molecular complexity index is 917. The molecule has 1 heterocycles. The van der Waals surface area contributed by atoms with Gasteiger partial charge in [-0.2, -0.15) is 0 Å². The molecule has 6 nitrogen and oxygen atoms in total. The zero-order chi connectivity index (χ0) is 17.8. The summed E-state index contributed by atoms with van der Waals surface area (Å²) >= 11 is 0. The molecule has 0 aliphatic rings. The van der Waals surface area contributed by atoms with E-state index in [0.717, 1.165) is 11.1 Å². The van der Waals surface area contributed by atoms with E-state index in [1.165, 1.54) is 0 Å². The molecule has 0 radical (unpaired) electrons. The second-order valence-electron chi connectivity index (χ2n) is 5.55. The first kappa shape index (κ1) is 16.4. The van der Waals surface area contributed by atoms with Crippen molar-refractivity contribution < 1.29 is 14.1 Å². The van der Waals surface area contributed by atoms with Crippen molar-refractivity contribution in [3.63, 3.8) is 0 Å². The molecule has 0 aliphatic carbocycles. The van der Waals surface area contributed by atoms with E-state index in [0.29, 0.717) is 17.0 Å². The minimum atomic E-state index is -0.487. The quantitative estimate of drug-likeness (QED) is 0.721. The molecule has 0 atom stereocenters. The molecule has 0 unspecified atom stereocenters. The Balaban J connectivity index is 1.78. The van der Waals surface area contributed by atoms with Crippen LogP contribution < -0.4 is 10.9 Å². The van der Waals surface area contributed by atoms with Crippen molar-refractivity contribution in [3.8, 4) is 11.3 Å². The van der Waals surface area contributed by atoms with Gasteiger partial charge in [0.25, 0.3) is 11.8 Å². The molecule has 0 spiro atoms. The van der Waals surface area contributed by atoms with E-state index >= 15 is 0 Å². The van der Waals surface area contributed by atoms with E-state index in [4.69, 9.17) is 4.52 Å². The normalized spacial score (nSPS) is 10.3. The molecule has 0 aliphatic heterocycles. The van der Waals surface area contributed by atoms with Gasteiger partial charge in [-0.1, -0.05) is 53.7 Å². The predicted molar refractivity (Wildman–Crippen MR) is 92.8 cm³/mol. The minimum Gasteiger partial charge on any atom is -0.360 e. The third-order valence-electron chi connectivity index (χ3n) is 3.82. The van der Waals surface area contributed by atoms with Crippen LogP contribution in [-0.4, -0.2) is 17.0 Å². The lowest BCUT2D eigenvalue weighted by molar-refractivity contribution is 0.0845. The van der Waals surface area contributed by atoms with Gasteiger partial charge >= 0.3 is 0 Å². The minimum absolute atomic E-state index is 0.288. The van der Waals surface area contributed by atoms with E-state index in [1.54, 1.807) is 19.1 Å². The molecule has 0 saturated heterocycles. The maximum absolute atomic E-state index is 12.5. The molecule has 2 aromatic carbocycles. The van der Waals surface area contributed by atoms with Crippen LogP contribution in [0.2, 0.25) is 0 Å². The summed E-state index contributed by atoms with van der Waals surface area (Å²) in [4.78, 5) is 24.7. The van der Waals surface area contributed by atoms with E-state index in [2.05, 4.69) is 16.0 Å². The number of benzene rings is 2. The molecule has 0 fully saturated rings. The lowest BCUT2D eigenvalue weighted by Crippen LogP contribution is -2.42. The Labute approximate surface area is 144 Å². The molecule has 2 N–H and O–H groups in total. The van der Waals surface area contributed by atoms with Crippen molar-refractivity contribution in [3.05, 3.63) is 77.0 Å². The fourth-order valence-corrected chi connectivity index (χ4v) is 2.50. The van der Waals surface area contributed by atoms with Crippen molar-refractivity contribution >= 4 is 11.8 Å². The van der Waals surface area contributed by atoms with E-state index in [9.17, 15) is 9.59 Å². The van der Waals surface area contributed by atoms with Crippen LogP contribution >= 0.6 is 0 Å². The summed E-state index contributed by atoms with van der Waals surface area (Å²) in [7, 11) is 0. The number of hydrogen-bond acceptors (Lipinski definition) is 4. The number of nitrogens with one attached hydrogen (secondary N) is 2. The van der Waals surface area contributed by atoms with Crippen LogP contribution in [0.3, 0.4) is 0 Å². The Morgan fingerprint density at radius 2 is 1.52 bits per heavy atom. The van der Waals surface area contributed by atoms with Gasteiger partial charge in [0, 0.05) is 11.1 Å². The van der Waals surface area contributed by atoms with Crippen LogP contribution in [-0.2, 0) is 0 Å². The molecular formula is C19H17N3O3. The predicted octanol–water partition coefficient (Wildman–Crippen LogP) is 3.03. The lowest BCUT2D eigenvalue weighted by Gasteiger charge is -2.09. The van der Waals surface area contributed by atoms with E-state index in [-0.39, 0.29) is 11.5 Å². The van der Waals surface area contributed by atoms with Gasteiger partial charge in [0.15, 0.2) is 0 Å². The van der Waals surface area contributed by atoms with Crippen molar-refractivity contribution in [2.45, 2.75) is 13.8 Å². The lowest BCUT2D eigenvalue weighted by atomic mass is 10.1. The smallest absolute Gasteiger partial charge is 0.275 e. The summed E-state index contributed by atoms with van der Waals surface area (Å²) in [6, 6.07) is 16.4. The van der Waals surface area contributed by atoms with Crippen LogP contribution in [0.25, 0.3) is 11.3 Å². The van der Waals surface area contributed by atoms with Gasteiger partial charge in [0.05, 0.1) is 0 Å². The molecule has 126 valence electrons. The van der Waals surface area contributed by atoms with Crippen LogP contribution in [0.15, 0.2) is 59.1 Å². The highest BCUT2D eigenvalue weighted by Crippen LogP contribution is 2.24. The van der Waals surface area contributed by atoms with Gasteiger partial charge < -0.3 is 4.52 Å². The number of amides is 2. The number of carbonyl (C=O) groups is 2. The Morgan fingerprint density at radius 3 is 2.24 bits per heavy atom. The first-order valence-corrected chi connectivity index (χ1v) is 7.76. The summed E-state index contributed by atoms with van der Waals surface area (Å²) in [6.07, 6.45) is 0. The van der Waals surface area contributed by atoms with Crippen molar-refractivity contribution in [2.75, 3.05) is 0 Å². The van der Waals surface area contributed by atoms with Gasteiger partial charge in [-0.3, -0.25) is 20.4 Å². The summed E-state index contributed by atoms with van der Waals surface area (Å²) in [5.74, 6) is -0.497. The molecule has 6 heteroatoms. The SMILES string of the molecule is Cc1ccccc1C(=O)NNC(=O)c1c(-c2ccccc2)noc1C. The van der Waals surface area contributed by atoms with E-state index in [1.807, 2.05) is 49.4 Å². The fourth-order valence-electron chi connectivity index (χ4n) is 2.50. The van der Waals surface area contributed by atoms with Crippen LogP contribution in [0.4, 0.5) is 0 Å². The van der Waals surface area contributed by atoms with Gasteiger partial charge in [-0.05, 0) is 25.5 Å². The molecule has 0 saturated carbocycles. The van der Waals surface area contributed by atoms with E-state index < -0.39 is 5.91 Å². The second-order valence-corrected chi connectivity index (χ2v) is 5.55. The highest BCUT2D eigenvalue weighted by atomic mass is 16.5. The summed E-state index contributed by atoms with van der Waals surface area (Å²) < 4.78 is 5.16. The van der Waals surface area contributed by atoms with Crippen LogP contribution in [0, 0.1) is 13.8 Å². The summed E-state index contributed by atoms with van der Waals surface area (Å²) in [6.45, 7) is 3.48. The maximum atomic E-state index is 12.5. The topological polar surface area (TPSA) is 84.2 Å². The third kappa shape index (κ3) is 3.42. The maximum Gasteiger partial charge on any atom is 0.275 e. The van der Waals surface area contributed by atoms with Gasteiger partial charge in [-0.25, -0.2) is 0 Å². The van der Waals surface area contributed by atoms with Crippen molar-refractivity contribution in [1.29, 1.82) is 0 Å². The number of aryl methyl sites for hydroxylation is 2. The van der Waals surface area contributed by atoms with Gasteiger partial charge in [0.1, 0.15) is 17.0 Å². The first-order chi connectivity index (χ1) is 12.1. The third-order valence-corrected chi connectivity index (χ3v) is 3.82. The van der Waals surface area contributed by atoms with Gasteiger partial charge in [-0.15, -0.1) is 0 Å². The first-order valence-electron chi connectivity index (χ1n) is 7.76. The van der Waals surface area contributed by atoms with Crippen LogP contribution in [0.5, 0.6) is 0 Å². The molecule has 2 amide bonds. The molecule has 3 aromatic rings. The number of nitrogens with zero attached hydrogens (tertiary/aromatic N) is 1. The highest BCUT2D eigenvalue weighted by Gasteiger charge is 2.22. The Hall–Kier alpha value is -3.41. The van der Waals surface area contributed by atoms with Gasteiger partial charge in [0.2, 0.25) is 0 Å². The monoisotopic (exact) mass is 335 g/mol.